The molecule has 2 aromatic rings. The third-order valence-electron chi connectivity index (χ3n) is 3.63. The predicted molar refractivity (Wildman–Crippen MR) is 84.2 cm³/mol. The average Bonchev–Trinajstić information content (AvgIpc) is 2.54. The Kier molecular flexibility index (Phi) is 6.26. The van der Waals surface area contributed by atoms with Crippen molar-refractivity contribution >= 4 is 0 Å². The molecule has 0 saturated heterocycles. The molecule has 3 heteroatoms. The van der Waals surface area contributed by atoms with Crippen molar-refractivity contribution in [2.24, 2.45) is 0 Å². The van der Waals surface area contributed by atoms with E-state index in [1.807, 2.05) is 24.3 Å². The van der Waals surface area contributed by atoms with E-state index >= 15 is 0 Å². The number of benzene rings is 2. The Morgan fingerprint density at radius 3 is 2.18 bits per heavy atom. The van der Waals surface area contributed by atoms with Gasteiger partial charge in [-0.3, -0.25) is 0 Å². The smallest absolute Gasteiger partial charge is 0.159 e. The molecule has 22 heavy (non-hydrogen) atoms. The molecular formula is C19H19F3. The Morgan fingerprint density at radius 2 is 1.50 bits per heavy atom. The Labute approximate surface area is 129 Å². The SMILES string of the molecule is F/C=C/CCCCCc1ccc(-c2ccc(F)c(F)c2)cc1. The van der Waals surface area contributed by atoms with Gasteiger partial charge in [0.15, 0.2) is 11.6 Å². The summed E-state index contributed by atoms with van der Waals surface area (Å²) in [5, 5.41) is 0. The Hall–Kier alpha value is -2.03. The first-order valence-corrected chi connectivity index (χ1v) is 7.50. The van der Waals surface area contributed by atoms with E-state index in [0.29, 0.717) is 11.9 Å². The first-order chi connectivity index (χ1) is 10.7. The second-order valence-electron chi connectivity index (χ2n) is 5.29. The zero-order valence-electron chi connectivity index (χ0n) is 12.4. The normalized spacial score (nSPS) is 11.2. The first kappa shape index (κ1) is 16.3. The highest BCUT2D eigenvalue weighted by Crippen LogP contribution is 2.22. The molecule has 0 atom stereocenters. The lowest BCUT2D eigenvalue weighted by Crippen LogP contribution is -1.88. The summed E-state index contributed by atoms with van der Waals surface area (Å²) < 4.78 is 37.9. The summed E-state index contributed by atoms with van der Waals surface area (Å²) in [5.74, 6) is -1.66. The van der Waals surface area contributed by atoms with Gasteiger partial charge in [0.25, 0.3) is 0 Å². The molecule has 0 aliphatic heterocycles. The average molecular weight is 304 g/mol. The zero-order chi connectivity index (χ0) is 15.8. The number of halogens is 3. The molecule has 2 rings (SSSR count). The monoisotopic (exact) mass is 304 g/mol. The van der Waals surface area contributed by atoms with Crippen LogP contribution in [0, 0.1) is 11.6 Å². The standard InChI is InChI=1S/C19H19F3/c20-13-5-3-1-2-4-6-15-7-9-16(10-8-15)17-11-12-18(21)19(22)14-17/h5,7-14H,1-4,6H2/b13-5+. The van der Waals surface area contributed by atoms with E-state index in [4.69, 9.17) is 0 Å². The fourth-order valence-electron chi connectivity index (χ4n) is 2.37. The summed E-state index contributed by atoms with van der Waals surface area (Å²) in [6.07, 6.45) is 7.00. The fraction of sp³-hybridized carbons (Fsp3) is 0.263. The van der Waals surface area contributed by atoms with Crippen LogP contribution in [-0.2, 0) is 6.42 Å². The van der Waals surface area contributed by atoms with Gasteiger partial charge in [-0.05, 0) is 54.5 Å². The topological polar surface area (TPSA) is 0 Å². The van der Waals surface area contributed by atoms with Crippen LogP contribution in [0.5, 0.6) is 0 Å². The molecule has 0 bridgehead atoms. The minimum atomic E-state index is -0.831. The van der Waals surface area contributed by atoms with Crippen molar-refractivity contribution in [3.8, 4) is 11.1 Å². The molecule has 0 aliphatic rings. The van der Waals surface area contributed by atoms with Crippen molar-refractivity contribution < 1.29 is 13.2 Å². The van der Waals surface area contributed by atoms with Gasteiger partial charge in [-0.15, -0.1) is 0 Å². The van der Waals surface area contributed by atoms with Gasteiger partial charge >= 0.3 is 0 Å². The summed E-state index contributed by atoms with van der Waals surface area (Å²) in [6, 6.07) is 11.8. The summed E-state index contributed by atoms with van der Waals surface area (Å²) >= 11 is 0. The van der Waals surface area contributed by atoms with Gasteiger partial charge in [-0.25, -0.2) is 13.2 Å². The van der Waals surface area contributed by atoms with Crippen LogP contribution in [0.4, 0.5) is 13.2 Å². The van der Waals surface area contributed by atoms with Crippen LogP contribution in [0.15, 0.2) is 54.9 Å². The molecule has 116 valence electrons. The fourth-order valence-corrected chi connectivity index (χ4v) is 2.37. The zero-order valence-corrected chi connectivity index (χ0v) is 12.4. The molecule has 0 saturated carbocycles. The number of hydrogen-bond acceptors (Lipinski definition) is 0. The molecule has 0 N–H and O–H groups in total. The minimum absolute atomic E-state index is 0.594. The van der Waals surface area contributed by atoms with Crippen LogP contribution in [-0.4, -0.2) is 0 Å². The van der Waals surface area contributed by atoms with E-state index in [1.54, 1.807) is 6.07 Å². The minimum Gasteiger partial charge on any atom is -0.216 e. The van der Waals surface area contributed by atoms with Crippen molar-refractivity contribution in [1.29, 1.82) is 0 Å². The van der Waals surface area contributed by atoms with Crippen LogP contribution in [0.3, 0.4) is 0 Å². The largest absolute Gasteiger partial charge is 0.216 e. The van der Waals surface area contributed by atoms with Crippen molar-refractivity contribution in [3.05, 3.63) is 72.1 Å². The van der Waals surface area contributed by atoms with E-state index in [1.165, 1.54) is 17.7 Å². The predicted octanol–water partition coefficient (Wildman–Crippen LogP) is 6.22. The van der Waals surface area contributed by atoms with Gasteiger partial charge in [-0.1, -0.05) is 42.8 Å². The second kappa shape index (κ2) is 8.42. The Balaban J connectivity index is 1.88. The van der Waals surface area contributed by atoms with Gasteiger partial charge in [0.1, 0.15) is 0 Å². The lowest BCUT2D eigenvalue weighted by atomic mass is 10.0. The number of rotatable bonds is 7. The summed E-state index contributed by atoms with van der Waals surface area (Å²) in [6.45, 7) is 0. The Morgan fingerprint density at radius 1 is 0.773 bits per heavy atom. The van der Waals surface area contributed by atoms with E-state index < -0.39 is 11.6 Å². The molecule has 2 aromatic carbocycles. The maximum Gasteiger partial charge on any atom is 0.159 e. The van der Waals surface area contributed by atoms with E-state index in [-0.39, 0.29) is 0 Å². The van der Waals surface area contributed by atoms with Crippen LogP contribution < -0.4 is 0 Å². The number of allylic oxidation sites excluding steroid dienone is 1. The molecule has 0 heterocycles. The summed E-state index contributed by atoms with van der Waals surface area (Å²) in [7, 11) is 0. The quantitative estimate of drug-likeness (QED) is 0.533. The molecular weight excluding hydrogens is 285 g/mol. The van der Waals surface area contributed by atoms with Crippen molar-refractivity contribution in [2.75, 3.05) is 0 Å². The molecule has 0 radical (unpaired) electrons. The molecule has 0 aromatic heterocycles. The molecule has 0 unspecified atom stereocenters. The van der Waals surface area contributed by atoms with Crippen molar-refractivity contribution in [1.82, 2.24) is 0 Å². The van der Waals surface area contributed by atoms with Crippen LogP contribution >= 0.6 is 0 Å². The van der Waals surface area contributed by atoms with Crippen LogP contribution in [0.2, 0.25) is 0 Å². The lowest BCUT2D eigenvalue weighted by Gasteiger charge is -2.05. The third kappa shape index (κ3) is 4.76. The maximum absolute atomic E-state index is 13.2. The van der Waals surface area contributed by atoms with Gasteiger partial charge in [0, 0.05) is 0 Å². The van der Waals surface area contributed by atoms with E-state index in [2.05, 4.69) is 0 Å². The Bertz CT molecular complexity index is 615. The van der Waals surface area contributed by atoms with E-state index in [0.717, 1.165) is 43.7 Å². The van der Waals surface area contributed by atoms with Gasteiger partial charge in [0.2, 0.25) is 0 Å². The van der Waals surface area contributed by atoms with E-state index in [9.17, 15) is 13.2 Å². The maximum atomic E-state index is 13.2. The molecule has 0 fully saturated rings. The number of aryl methyl sites for hydroxylation is 1. The van der Waals surface area contributed by atoms with Crippen LogP contribution in [0.1, 0.15) is 31.2 Å². The van der Waals surface area contributed by atoms with Gasteiger partial charge in [0.05, 0.1) is 6.33 Å². The molecule has 0 spiro atoms. The van der Waals surface area contributed by atoms with Gasteiger partial charge < -0.3 is 0 Å². The van der Waals surface area contributed by atoms with Crippen LogP contribution in [0.25, 0.3) is 11.1 Å². The van der Waals surface area contributed by atoms with Gasteiger partial charge in [-0.2, -0.15) is 0 Å². The first-order valence-electron chi connectivity index (χ1n) is 7.50. The highest BCUT2D eigenvalue weighted by atomic mass is 19.2. The van der Waals surface area contributed by atoms with Crippen molar-refractivity contribution in [2.45, 2.75) is 32.1 Å². The lowest BCUT2D eigenvalue weighted by molar-refractivity contribution is 0.509. The highest BCUT2D eigenvalue weighted by molar-refractivity contribution is 5.63. The number of hydrogen-bond donors (Lipinski definition) is 0. The number of unbranched alkanes of at least 4 members (excludes halogenated alkanes) is 3. The summed E-state index contributed by atoms with van der Waals surface area (Å²) in [5.41, 5.74) is 2.76. The third-order valence-corrected chi connectivity index (χ3v) is 3.63. The molecule has 0 aliphatic carbocycles. The second-order valence-corrected chi connectivity index (χ2v) is 5.29. The highest BCUT2D eigenvalue weighted by Gasteiger charge is 2.04. The molecule has 0 amide bonds. The summed E-state index contributed by atoms with van der Waals surface area (Å²) in [4.78, 5) is 0. The van der Waals surface area contributed by atoms with Crippen molar-refractivity contribution in [3.63, 3.8) is 0 Å². The molecule has 0 nitrogen and oxygen atoms in total.